The molecule has 1 aromatic carbocycles. The van der Waals surface area contributed by atoms with Gasteiger partial charge in [-0.25, -0.2) is 9.97 Å². The van der Waals surface area contributed by atoms with Crippen molar-refractivity contribution in [2.75, 3.05) is 50.1 Å². The van der Waals surface area contributed by atoms with Crippen LogP contribution in [-0.4, -0.2) is 79.0 Å². The minimum Gasteiger partial charge on any atom is -0.491 e. The fourth-order valence-electron chi connectivity index (χ4n) is 5.71. The molecule has 194 valence electrons. The Hall–Kier alpha value is -2.37. The van der Waals surface area contributed by atoms with Gasteiger partial charge in [-0.15, -0.1) is 0 Å². The highest BCUT2D eigenvalue weighted by atomic mass is 32.3. The summed E-state index contributed by atoms with van der Waals surface area (Å²) in [6.45, 7) is 3.94. The first-order valence-electron chi connectivity index (χ1n) is 12.9. The summed E-state index contributed by atoms with van der Waals surface area (Å²) in [4.78, 5) is 11.3. The highest BCUT2D eigenvalue weighted by molar-refractivity contribution is 8.24. The molecular weight excluding hydrogens is 478 g/mol. The number of fused-ring (bicyclic) bond motifs is 1. The van der Waals surface area contributed by atoms with Gasteiger partial charge in [-0.3, -0.25) is 14.0 Å². The zero-order valence-corrected chi connectivity index (χ0v) is 21.3. The number of nitrogens with two attached hydrogens (primary N) is 1. The second-order valence-electron chi connectivity index (χ2n) is 10.4. The Morgan fingerprint density at radius 3 is 2.78 bits per heavy atom. The lowest BCUT2D eigenvalue weighted by atomic mass is 9.79. The molecule has 36 heavy (non-hydrogen) atoms. The van der Waals surface area contributed by atoms with Crippen molar-refractivity contribution in [3.05, 3.63) is 36.8 Å². The van der Waals surface area contributed by atoms with Gasteiger partial charge in [0.15, 0.2) is 0 Å². The van der Waals surface area contributed by atoms with E-state index in [9.17, 15) is 9.11 Å². The van der Waals surface area contributed by atoms with Crippen LogP contribution >= 0.6 is 10.6 Å². The lowest BCUT2D eigenvalue weighted by Crippen LogP contribution is -2.43. The second kappa shape index (κ2) is 9.83. The molecule has 1 saturated carbocycles. The first-order valence-corrected chi connectivity index (χ1v) is 14.8. The Bertz CT molecular complexity index is 1210. The predicted molar refractivity (Wildman–Crippen MR) is 143 cm³/mol. The van der Waals surface area contributed by atoms with E-state index in [0.29, 0.717) is 35.9 Å². The van der Waals surface area contributed by atoms with E-state index in [2.05, 4.69) is 37.8 Å². The van der Waals surface area contributed by atoms with Gasteiger partial charge in [-0.05, 0) is 49.3 Å². The molecule has 0 radical (unpaired) electrons. The van der Waals surface area contributed by atoms with Gasteiger partial charge in [-0.1, -0.05) is 12.1 Å². The van der Waals surface area contributed by atoms with Crippen LogP contribution in [0.4, 0.5) is 5.82 Å². The minimum absolute atomic E-state index is 0.173. The number of ether oxygens (including phenoxy) is 2. The molecule has 1 atom stereocenters. The maximum atomic E-state index is 9.88. The first-order chi connectivity index (χ1) is 17.4. The van der Waals surface area contributed by atoms with Gasteiger partial charge in [0.25, 0.3) is 0 Å². The van der Waals surface area contributed by atoms with E-state index in [0.717, 1.165) is 79.8 Å². The molecule has 2 aliphatic heterocycles. The lowest BCUT2D eigenvalue weighted by Gasteiger charge is -2.44. The average Bonchev–Trinajstić information content (AvgIpc) is 3.50. The summed E-state index contributed by atoms with van der Waals surface area (Å²) in [7, 11) is -2.34. The third kappa shape index (κ3) is 4.92. The van der Waals surface area contributed by atoms with Crippen molar-refractivity contribution >= 4 is 27.4 Å². The fraction of sp³-hybridized carbons (Fsp3) is 0.538. The Kier molecular flexibility index (Phi) is 6.55. The summed E-state index contributed by atoms with van der Waals surface area (Å²) in [6.07, 6.45) is 8.18. The monoisotopic (exact) mass is 513 g/mol. The third-order valence-corrected chi connectivity index (χ3v) is 9.51. The first kappa shape index (κ1) is 24.0. The SMILES string of the molecule is Nc1ncnc2c1c(-c1cccc(OC[C@@H]3CCCO3)c1)cn2C1CC(CN2CCS(O)(O)CC2)C1. The van der Waals surface area contributed by atoms with Gasteiger partial charge in [0.2, 0.25) is 0 Å². The molecule has 6 rings (SSSR count). The quantitative estimate of drug-likeness (QED) is 0.429. The van der Waals surface area contributed by atoms with Gasteiger partial charge in [0.05, 0.1) is 23.0 Å². The lowest BCUT2D eigenvalue weighted by molar-refractivity contribution is 0.0680. The fourth-order valence-corrected chi connectivity index (χ4v) is 7.02. The van der Waals surface area contributed by atoms with Crippen molar-refractivity contribution in [1.82, 2.24) is 19.4 Å². The number of hydrogen-bond donors (Lipinski definition) is 3. The van der Waals surface area contributed by atoms with Crippen LogP contribution in [0, 0.1) is 5.92 Å². The molecule has 0 bridgehead atoms. The van der Waals surface area contributed by atoms with Gasteiger partial charge in [0, 0.05) is 44.0 Å². The van der Waals surface area contributed by atoms with Crippen LogP contribution in [0.1, 0.15) is 31.7 Å². The number of nitrogens with zero attached hydrogens (tertiary/aromatic N) is 4. The van der Waals surface area contributed by atoms with Crippen molar-refractivity contribution < 1.29 is 18.6 Å². The molecule has 0 unspecified atom stereocenters. The van der Waals surface area contributed by atoms with Gasteiger partial charge < -0.3 is 19.8 Å². The zero-order valence-electron chi connectivity index (χ0n) is 20.5. The standard InChI is InChI=1S/C26H35N5O4S/c27-25-24-23(19-3-1-4-21(13-19)35-16-22-5-2-8-34-22)15-31(26(24)29-17-28-25)20-11-18(12-20)14-30-6-9-36(32,33)10-7-30/h1,3-4,13,15,17-18,20,22,32-33H,2,5-12,14,16H2,(H2,27,28,29)/t18?,20?,22-/m0/s1. The molecular formula is C26H35N5O4S. The van der Waals surface area contributed by atoms with Crippen molar-refractivity contribution in [2.45, 2.75) is 37.8 Å². The van der Waals surface area contributed by atoms with Gasteiger partial charge in [0.1, 0.15) is 30.1 Å². The van der Waals surface area contributed by atoms with E-state index >= 15 is 0 Å². The van der Waals surface area contributed by atoms with Crippen LogP contribution < -0.4 is 10.5 Å². The summed E-state index contributed by atoms with van der Waals surface area (Å²) in [6, 6.07) is 8.49. The number of rotatable bonds is 7. The number of anilines is 1. The summed E-state index contributed by atoms with van der Waals surface area (Å²) in [5.74, 6) is 2.91. The molecule has 4 heterocycles. The molecule has 2 saturated heterocycles. The Morgan fingerprint density at radius 2 is 2.00 bits per heavy atom. The third-order valence-electron chi connectivity index (χ3n) is 7.83. The average molecular weight is 514 g/mol. The molecule has 0 amide bonds. The van der Waals surface area contributed by atoms with E-state index in [1.54, 1.807) is 6.33 Å². The smallest absolute Gasteiger partial charge is 0.146 e. The summed E-state index contributed by atoms with van der Waals surface area (Å²) in [5, 5.41) is 0.887. The number of aromatic nitrogens is 3. The molecule has 10 heteroatoms. The Balaban J connectivity index is 1.18. The largest absolute Gasteiger partial charge is 0.491 e. The van der Waals surface area contributed by atoms with Crippen LogP contribution in [0.2, 0.25) is 0 Å². The molecule has 4 N–H and O–H groups in total. The van der Waals surface area contributed by atoms with Crippen molar-refractivity contribution in [3.63, 3.8) is 0 Å². The van der Waals surface area contributed by atoms with Gasteiger partial charge in [-0.2, -0.15) is 10.6 Å². The number of nitrogen functional groups attached to an aromatic ring is 1. The van der Waals surface area contributed by atoms with Crippen LogP contribution in [0.3, 0.4) is 0 Å². The normalized spacial score (nSPS) is 27.1. The van der Waals surface area contributed by atoms with E-state index in [-0.39, 0.29) is 6.10 Å². The summed E-state index contributed by atoms with van der Waals surface area (Å²) >= 11 is 0. The maximum Gasteiger partial charge on any atom is 0.146 e. The van der Waals surface area contributed by atoms with E-state index in [1.165, 1.54) is 0 Å². The zero-order chi connectivity index (χ0) is 24.7. The van der Waals surface area contributed by atoms with E-state index in [1.807, 2.05) is 12.1 Å². The Labute approximate surface area is 213 Å². The predicted octanol–water partition coefficient (Wildman–Crippen LogP) is 4.26. The Morgan fingerprint density at radius 1 is 1.17 bits per heavy atom. The summed E-state index contributed by atoms with van der Waals surface area (Å²) in [5.41, 5.74) is 9.29. The minimum atomic E-state index is -2.34. The molecule has 3 aromatic rings. The molecule has 2 aromatic heterocycles. The van der Waals surface area contributed by atoms with Crippen molar-refractivity contribution in [1.29, 1.82) is 0 Å². The topological polar surface area (TPSA) is 119 Å². The van der Waals surface area contributed by atoms with Crippen LogP contribution in [0.5, 0.6) is 5.75 Å². The van der Waals surface area contributed by atoms with Crippen LogP contribution in [-0.2, 0) is 4.74 Å². The number of benzene rings is 1. The maximum absolute atomic E-state index is 9.88. The molecule has 1 aliphatic carbocycles. The second-order valence-corrected chi connectivity index (χ2v) is 12.8. The summed E-state index contributed by atoms with van der Waals surface area (Å²) < 4.78 is 33.8. The van der Waals surface area contributed by atoms with Crippen molar-refractivity contribution in [3.8, 4) is 16.9 Å². The van der Waals surface area contributed by atoms with Gasteiger partial charge >= 0.3 is 0 Å². The molecule has 0 spiro atoms. The molecule has 3 fully saturated rings. The molecule has 3 aliphatic rings. The van der Waals surface area contributed by atoms with Crippen LogP contribution in [0.25, 0.3) is 22.2 Å². The highest BCUT2D eigenvalue weighted by Gasteiger charge is 2.34. The van der Waals surface area contributed by atoms with E-state index < -0.39 is 10.6 Å². The molecule has 9 nitrogen and oxygen atoms in total. The van der Waals surface area contributed by atoms with Crippen molar-refractivity contribution in [2.24, 2.45) is 5.92 Å². The van der Waals surface area contributed by atoms with Crippen LogP contribution in [0.15, 0.2) is 36.8 Å². The highest BCUT2D eigenvalue weighted by Crippen LogP contribution is 2.45. The van der Waals surface area contributed by atoms with E-state index in [4.69, 9.17) is 15.2 Å². The number of hydrogen-bond acceptors (Lipinski definition) is 8.